The molecule has 0 unspecified atom stereocenters. The van der Waals surface area contributed by atoms with Gasteiger partial charge in [-0.1, -0.05) is 24.6 Å². The average Bonchev–Trinajstić information content (AvgIpc) is 2.72. The molecule has 0 saturated heterocycles. The van der Waals surface area contributed by atoms with Gasteiger partial charge in [0.15, 0.2) is 0 Å². The maximum absolute atomic E-state index is 12.0. The van der Waals surface area contributed by atoms with Crippen LogP contribution in [0.15, 0.2) is 42.6 Å². The van der Waals surface area contributed by atoms with Gasteiger partial charge in [0.25, 0.3) is 0 Å². The second kappa shape index (κ2) is 9.80. The van der Waals surface area contributed by atoms with Crippen molar-refractivity contribution < 1.29 is 14.3 Å². The minimum absolute atomic E-state index is 0.218. The molecule has 0 aliphatic heterocycles. The monoisotopic (exact) mass is 369 g/mol. The van der Waals surface area contributed by atoms with Crippen molar-refractivity contribution in [2.45, 2.75) is 51.3 Å². The largest absolute Gasteiger partial charge is 0.490 e. The zero-order valence-electron chi connectivity index (χ0n) is 15.7. The summed E-state index contributed by atoms with van der Waals surface area (Å²) >= 11 is 0. The molecular weight excluding hydrogens is 342 g/mol. The Kier molecular flexibility index (Phi) is 6.90. The predicted molar refractivity (Wildman–Crippen MR) is 104 cm³/mol. The molecule has 2 amide bonds. The Bertz CT molecular complexity index is 728. The zero-order chi connectivity index (χ0) is 18.9. The van der Waals surface area contributed by atoms with Gasteiger partial charge in [-0.15, -0.1) is 0 Å². The van der Waals surface area contributed by atoms with Crippen molar-refractivity contribution in [3.05, 3.63) is 53.7 Å². The lowest BCUT2D eigenvalue weighted by molar-refractivity contribution is 0.155. The van der Waals surface area contributed by atoms with Crippen LogP contribution in [0.1, 0.15) is 43.2 Å². The normalized spacial score (nSPS) is 14.4. The summed E-state index contributed by atoms with van der Waals surface area (Å²) in [7, 11) is 1.57. The highest BCUT2D eigenvalue weighted by Gasteiger charge is 2.14. The summed E-state index contributed by atoms with van der Waals surface area (Å²) in [6, 6.07) is 11.4. The second-order valence-electron chi connectivity index (χ2n) is 6.77. The third-order valence-corrected chi connectivity index (χ3v) is 4.67. The number of nitrogens with one attached hydrogen (secondary N) is 2. The lowest BCUT2D eigenvalue weighted by atomic mass is 9.98. The van der Waals surface area contributed by atoms with E-state index in [4.69, 9.17) is 9.47 Å². The summed E-state index contributed by atoms with van der Waals surface area (Å²) < 4.78 is 11.1. The number of hydrogen-bond acceptors (Lipinski definition) is 4. The van der Waals surface area contributed by atoms with E-state index in [1.807, 2.05) is 30.3 Å². The Balaban J connectivity index is 1.43. The van der Waals surface area contributed by atoms with Crippen LogP contribution >= 0.6 is 0 Å². The topological polar surface area (TPSA) is 72.5 Å². The van der Waals surface area contributed by atoms with E-state index in [0.29, 0.717) is 25.1 Å². The molecular formula is C21H27N3O3. The van der Waals surface area contributed by atoms with Crippen molar-refractivity contribution in [3.8, 4) is 11.6 Å². The lowest BCUT2D eigenvalue weighted by Gasteiger charge is -2.23. The number of ether oxygens (including phenoxy) is 2. The highest BCUT2D eigenvalue weighted by atomic mass is 16.5. The van der Waals surface area contributed by atoms with E-state index < -0.39 is 0 Å². The van der Waals surface area contributed by atoms with Crippen molar-refractivity contribution in [2.75, 3.05) is 7.11 Å². The molecule has 144 valence electrons. The number of methoxy groups -OCH3 is 1. The van der Waals surface area contributed by atoms with Gasteiger partial charge in [-0.2, -0.15) is 0 Å². The van der Waals surface area contributed by atoms with Crippen LogP contribution in [-0.4, -0.2) is 24.2 Å². The third-order valence-electron chi connectivity index (χ3n) is 4.67. The molecule has 1 heterocycles. The summed E-state index contributed by atoms with van der Waals surface area (Å²) in [6.07, 6.45) is 8.07. The third kappa shape index (κ3) is 6.16. The number of carbonyl (C=O) groups is 1. The molecule has 0 radical (unpaired) electrons. The quantitative estimate of drug-likeness (QED) is 0.779. The number of nitrogens with zero attached hydrogens (tertiary/aromatic N) is 1. The summed E-state index contributed by atoms with van der Waals surface area (Å²) in [6.45, 7) is 0.863. The minimum Gasteiger partial charge on any atom is -0.490 e. The summed E-state index contributed by atoms with van der Waals surface area (Å²) in [5.74, 6) is 1.43. The van der Waals surface area contributed by atoms with Gasteiger partial charge in [0.05, 0.1) is 13.2 Å². The number of pyridine rings is 1. The molecule has 0 atom stereocenters. The minimum atomic E-state index is -0.218. The number of carbonyl (C=O) groups excluding carboxylic acids is 1. The van der Waals surface area contributed by atoms with Gasteiger partial charge in [-0.3, -0.25) is 0 Å². The molecule has 1 saturated carbocycles. The first-order valence-electron chi connectivity index (χ1n) is 9.49. The average molecular weight is 369 g/mol. The molecule has 6 heteroatoms. The van der Waals surface area contributed by atoms with E-state index in [9.17, 15) is 4.79 Å². The van der Waals surface area contributed by atoms with Crippen LogP contribution < -0.4 is 20.1 Å². The first-order chi connectivity index (χ1) is 13.2. The van der Waals surface area contributed by atoms with Crippen molar-refractivity contribution in [2.24, 2.45) is 0 Å². The van der Waals surface area contributed by atoms with Crippen molar-refractivity contribution in [1.82, 2.24) is 15.6 Å². The molecule has 0 bridgehead atoms. The van der Waals surface area contributed by atoms with Crippen LogP contribution in [0.2, 0.25) is 0 Å². The zero-order valence-corrected chi connectivity index (χ0v) is 15.7. The van der Waals surface area contributed by atoms with Crippen LogP contribution in [0.4, 0.5) is 4.79 Å². The molecule has 1 aliphatic carbocycles. The second-order valence-corrected chi connectivity index (χ2v) is 6.77. The van der Waals surface area contributed by atoms with Gasteiger partial charge in [0.1, 0.15) is 5.75 Å². The van der Waals surface area contributed by atoms with Crippen LogP contribution in [0, 0.1) is 0 Å². The number of aromatic nitrogens is 1. The summed E-state index contributed by atoms with van der Waals surface area (Å²) in [4.78, 5) is 16.1. The van der Waals surface area contributed by atoms with E-state index in [2.05, 4.69) is 15.6 Å². The van der Waals surface area contributed by atoms with Crippen LogP contribution in [0.25, 0.3) is 0 Å². The van der Waals surface area contributed by atoms with Crippen LogP contribution in [0.3, 0.4) is 0 Å². The van der Waals surface area contributed by atoms with Crippen molar-refractivity contribution in [3.63, 3.8) is 0 Å². The fourth-order valence-electron chi connectivity index (χ4n) is 3.17. The molecule has 1 aliphatic rings. The smallest absolute Gasteiger partial charge is 0.315 e. The molecule has 0 spiro atoms. The van der Waals surface area contributed by atoms with E-state index in [1.165, 1.54) is 19.3 Å². The van der Waals surface area contributed by atoms with Gasteiger partial charge in [-0.25, -0.2) is 9.78 Å². The maximum atomic E-state index is 12.0. The Morgan fingerprint density at radius 1 is 1.07 bits per heavy atom. The standard InChI is InChI=1S/C21H27N3O3/c1-26-20-11-10-17(14-22-20)15-24-21(25)23-13-16-6-5-9-19(12-16)27-18-7-3-2-4-8-18/h5-6,9-12,14,18H,2-4,7-8,13,15H2,1H3,(H2,23,24,25). The number of rotatable bonds is 7. The molecule has 27 heavy (non-hydrogen) atoms. The van der Waals surface area contributed by atoms with Gasteiger partial charge in [0.2, 0.25) is 5.88 Å². The molecule has 3 rings (SSSR count). The van der Waals surface area contributed by atoms with Gasteiger partial charge >= 0.3 is 6.03 Å². The molecule has 1 aromatic heterocycles. The lowest BCUT2D eigenvalue weighted by Crippen LogP contribution is -2.34. The molecule has 2 N–H and O–H groups in total. The number of amides is 2. The SMILES string of the molecule is COc1ccc(CNC(=O)NCc2cccc(OC3CCCCC3)c2)cn1. The maximum Gasteiger partial charge on any atom is 0.315 e. The highest BCUT2D eigenvalue weighted by molar-refractivity contribution is 5.73. The Hall–Kier alpha value is -2.76. The van der Waals surface area contributed by atoms with Crippen molar-refractivity contribution >= 4 is 6.03 Å². The fraction of sp³-hybridized carbons (Fsp3) is 0.429. The highest BCUT2D eigenvalue weighted by Crippen LogP contribution is 2.23. The molecule has 2 aromatic rings. The first kappa shape index (κ1) is 19.0. The summed E-state index contributed by atoms with van der Waals surface area (Å²) in [5.41, 5.74) is 1.93. The van der Waals surface area contributed by atoms with E-state index >= 15 is 0 Å². The van der Waals surface area contributed by atoms with Gasteiger partial charge < -0.3 is 20.1 Å². The Morgan fingerprint density at radius 3 is 2.56 bits per heavy atom. The van der Waals surface area contributed by atoms with E-state index in [0.717, 1.165) is 29.7 Å². The Morgan fingerprint density at radius 2 is 1.85 bits per heavy atom. The number of benzene rings is 1. The van der Waals surface area contributed by atoms with Crippen molar-refractivity contribution in [1.29, 1.82) is 0 Å². The Labute approximate surface area is 160 Å². The van der Waals surface area contributed by atoms with Crippen LogP contribution in [0.5, 0.6) is 11.6 Å². The van der Waals surface area contributed by atoms with Gasteiger partial charge in [0, 0.05) is 25.4 Å². The first-order valence-corrected chi connectivity index (χ1v) is 9.49. The molecule has 1 fully saturated rings. The fourth-order valence-corrected chi connectivity index (χ4v) is 3.17. The number of urea groups is 1. The predicted octanol–water partition coefficient (Wildman–Crippen LogP) is 3.80. The summed E-state index contributed by atoms with van der Waals surface area (Å²) in [5, 5.41) is 5.70. The molecule has 6 nitrogen and oxygen atoms in total. The molecule has 1 aromatic carbocycles. The number of hydrogen-bond donors (Lipinski definition) is 2. The van der Waals surface area contributed by atoms with E-state index in [1.54, 1.807) is 19.4 Å². The van der Waals surface area contributed by atoms with E-state index in [-0.39, 0.29) is 6.03 Å². The van der Waals surface area contributed by atoms with Crippen LogP contribution in [-0.2, 0) is 13.1 Å². The van der Waals surface area contributed by atoms with Gasteiger partial charge in [-0.05, 0) is 48.9 Å².